The highest BCUT2D eigenvalue weighted by atomic mass is 32.2. The summed E-state index contributed by atoms with van der Waals surface area (Å²) in [4.78, 5) is 11.0. The Balaban J connectivity index is 2.09. The van der Waals surface area contributed by atoms with E-state index in [1.54, 1.807) is 0 Å². The molecule has 126 valence electrons. The zero-order chi connectivity index (χ0) is 16.8. The fourth-order valence-electron chi connectivity index (χ4n) is 3.51. The molecule has 1 fully saturated rings. The minimum atomic E-state index is -0.664. The summed E-state index contributed by atoms with van der Waals surface area (Å²) < 4.78 is 34.7. The van der Waals surface area contributed by atoms with Gasteiger partial charge in [-0.3, -0.25) is 0 Å². The van der Waals surface area contributed by atoms with E-state index < -0.39 is 11.6 Å². The third-order valence-corrected chi connectivity index (χ3v) is 5.11. The van der Waals surface area contributed by atoms with E-state index in [0.29, 0.717) is 47.1 Å². The number of halogens is 2. The SMILES string of the molecule is C=C1C[C@H]2COCCCN2c2nc(SC)nc3c(F)cc(F)c1c23. The number of fused-ring (bicyclic) bond motifs is 2. The summed E-state index contributed by atoms with van der Waals surface area (Å²) in [6.07, 6.45) is 3.24. The fourth-order valence-corrected chi connectivity index (χ4v) is 3.87. The lowest BCUT2D eigenvalue weighted by Gasteiger charge is -2.29. The molecule has 2 aliphatic rings. The van der Waals surface area contributed by atoms with Crippen LogP contribution in [0.4, 0.5) is 14.6 Å². The van der Waals surface area contributed by atoms with Crippen LogP contribution in [0.1, 0.15) is 18.4 Å². The lowest BCUT2D eigenvalue weighted by atomic mass is 9.98. The van der Waals surface area contributed by atoms with Crippen molar-refractivity contribution in [3.63, 3.8) is 0 Å². The maximum absolute atomic E-state index is 14.6. The zero-order valence-corrected chi connectivity index (χ0v) is 14.1. The molecule has 0 saturated carbocycles. The van der Waals surface area contributed by atoms with Crippen LogP contribution < -0.4 is 4.90 Å². The van der Waals surface area contributed by atoms with Gasteiger partial charge in [0.05, 0.1) is 18.0 Å². The van der Waals surface area contributed by atoms with Crippen LogP contribution in [0.5, 0.6) is 0 Å². The minimum Gasteiger partial charge on any atom is -0.379 e. The third kappa shape index (κ3) is 2.38. The second-order valence-electron chi connectivity index (χ2n) is 6.06. The topological polar surface area (TPSA) is 38.2 Å². The molecule has 0 unspecified atom stereocenters. The van der Waals surface area contributed by atoms with Crippen molar-refractivity contribution in [2.24, 2.45) is 0 Å². The van der Waals surface area contributed by atoms with E-state index in [0.717, 1.165) is 19.0 Å². The first-order valence-corrected chi connectivity index (χ1v) is 9.09. The molecule has 1 aromatic carbocycles. The first-order valence-electron chi connectivity index (χ1n) is 7.86. The Kier molecular flexibility index (Phi) is 3.92. The number of aromatic nitrogens is 2. The van der Waals surface area contributed by atoms with Crippen LogP contribution in [0, 0.1) is 11.6 Å². The van der Waals surface area contributed by atoms with Gasteiger partial charge >= 0.3 is 0 Å². The van der Waals surface area contributed by atoms with Gasteiger partial charge in [0, 0.05) is 24.8 Å². The average Bonchev–Trinajstić information content (AvgIpc) is 2.84. The van der Waals surface area contributed by atoms with Gasteiger partial charge in [-0.25, -0.2) is 18.7 Å². The molecule has 24 heavy (non-hydrogen) atoms. The predicted molar refractivity (Wildman–Crippen MR) is 91.5 cm³/mol. The summed E-state index contributed by atoms with van der Waals surface area (Å²) in [5, 5.41) is 0.907. The molecule has 2 aromatic rings. The van der Waals surface area contributed by atoms with E-state index in [-0.39, 0.29) is 11.6 Å². The van der Waals surface area contributed by atoms with Crippen molar-refractivity contribution in [3.05, 3.63) is 29.8 Å². The minimum absolute atomic E-state index is 0.0164. The van der Waals surface area contributed by atoms with Gasteiger partial charge in [-0.05, 0) is 24.7 Å². The predicted octanol–water partition coefficient (Wildman–Crippen LogP) is 3.64. The number of benzene rings is 1. The monoisotopic (exact) mass is 349 g/mol. The number of anilines is 1. The summed E-state index contributed by atoms with van der Waals surface area (Å²) in [7, 11) is 0. The van der Waals surface area contributed by atoms with Gasteiger partial charge < -0.3 is 9.64 Å². The molecule has 0 amide bonds. The Hall–Kier alpha value is -1.73. The van der Waals surface area contributed by atoms with Gasteiger partial charge in [0.25, 0.3) is 0 Å². The van der Waals surface area contributed by atoms with Crippen molar-refractivity contribution in [3.8, 4) is 0 Å². The first kappa shape index (κ1) is 15.8. The molecule has 1 saturated heterocycles. The highest BCUT2D eigenvalue weighted by Crippen LogP contribution is 2.41. The molecule has 1 atom stereocenters. The maximum Gasteiger partial charge on any atom is 0.189 e. The normalized spacial score (nSPS) is 20.7. The lowest BCUT2D eigenvalue weighted by Crippen LogP contribution is -2.37. The van der Waals surface area contributed by atoms with Gasteiger partial charge in [0.15, 0.2) is 11.0 Å². The van der Waals surface area contributed by atoms with E-state index in [1.165, 1.54) is 11.8 Å². The van der Waals surface area contributed by atoms with Crippen LogP contribution in [-0.4, -0.2) is 42.0 Å². The Morgan fingerprint density at radius 1 is 1.33 bits per heavy atom. The number of thioether (sulfide) groups is 1. The first-order chi connectivity index (χ1) is 11.6. The summed E-state index contributed by atoms with van der Waals surface area (Å²) >= 11 is 1.35. The van der Waals surface area contributed by atoms with E-state index in [9.17, 15) is 8.78 Å². The van der Waals surface area contributed by atoms with Crippen molar-refractivity contribution < 1.29 is 13.5 Å². The standard InChI is InChI=1S/C17H17F2N3OS/c1-9-6-10-8-23-5-3-4-22(10)16-14-13(9)11(18)7-12(19)15(14)20-17(21-16)24-2/h7,10H,1,3-6,8H2,2H3/t10-/m0/s1. The Labute approximate surface area is 142 Å². The molecular formula is C17H17F2N3OS. The smallest absolute Gasteiger partial charge is 0.189 e. The van der Waals surface area contributed by atoms with E-state index in [1.807, 2.05) is 6.26 Å². The fraction of sp³-hybridized carbons (Fsp3) is 0.412. The molecule has 0 aliphatic carbocycles. The van der Waals surface area contributed by atoms with E-state index in [4.69, 9.17) is 4.74 Å². The van der Waals surface area contributed by atoms with Crippen molar-refractivity contribution in [2.75, 3.05) is 30.9 Å². The molecule has 0 bridgehead atoms. The second-order valence-corrected chi connectivity index (χ2v) is 6.83. The highest BCUT2D eigenvalue weighted by molar-refractivity contribution is 7.98. The number of rotatable bonds is 1. The molecule has 0 radical (unpaired) electrons. The van der Waals surface area contributed by atoms with Gasteiger partial charge in [0.1, 0.15) is 17.2 Å². The average molecular weight is 349 g/mol. The maximum atomic E-state index is 14.6. The number of hydrogen-bond acceptors (Lipinski definition) is 5. The van der Waals surface area contributed by atoms with E-state index in [2.05, 4.69) is 21.4 Å². The Bertz CT molecular complexity index is 842. The Morgan fingerprint density at radius 2 is 2.17 bits per heavy atom. The summed E-state index contributed by atoms with van der Waals surface area (Å²) in [6, 6.07) is 0.916. The lowest BCUT2D eigenvalue weighted by molar-refractivity contribution is 0.135. The van der Waals surface area contributed by atoms with Crippen LogP contribution in [0.15, 0.2) is 17.8 Å². The summed E-state index contributed by atoms with van der Waals surface area (Å²) in [6.45, 7) is 5.98. The van der Waals surface area contributed by atoms with Crippen molar-refractivity contribution in [1.82, 2.24) is 9.97 Å². The molecule has 1 aromatic heterocycles. The zero-order valence-electron chi connectivity index (χ0n) is 13.3. The van der Waals surface area contributed by atoms with Crippen LogP contribution in [0.25, 0.3) is 16.5 Å². The molecule has 0 spiro atoms. The molecule has 2 aliphatic heterocycles. The quantitative estimate of drug-likeness (QED) is 0.580. The van der Waals surface area contributed by atoms with Crippen molar-refractivity contribution in [1.29, 1.82) is 0 Å². The molecular weight excluding hydrogens is 332 g/mol. The van der Waals surface area contributed by atoms with Gasteiger partial charge in [-0.15, -0.1) is 0 Å². The number of hydrogen-bond donors (Lipinski definition) is 0. The molecule has 0 N–H and O–H groups in total. The van der Waals surface area contributed by atoms with Crippen LogP contribution in [0.2, 0.25) is 0 Å². The van der Waals surface area contributed by atoms with Crippen molar-refractivity contribution >= 4 is 34.1 Å². The van der Waals surface area contributed by atoms with Crippen LogP contribution >= 0.6 is 11.8 Å². The largest absolute Gasteiger partial charge is 0.379 e. The van der Waals surface area contributed by atoms with Gasteiger partial charge in [-0.2, -0.15) is 0 Å². The number of ether oxygens (including phenoxy) is 1. The van der Waals surface area contributed by atoms with Gasteiger partial charge in [0.2, 0.25) is 0 Å². The molecule has 4 nitrogen and oxygen atoms in total. The van der Waals surface area contributed by atoms with Crippen LogP contribution in [-0.2, 0) is 4.74 Å². The highest BCUT2D eigenvalue weighted by Gasteiger charge is 2.33. The molecule has 4 rings (SSSR count). The Morgan fingerprint density at radius 3 is 2.96 bits per heavy atom. The molecule has 7 heteroatoms. The van der Waals surface area contributed by atoms with Gasteiger partial charge in [-0.1, -0.05) is 18.3 Å². The second kappa shape index (κ2) is 5.97. The number of nitrogens with zero attached hydrogens (tertiary/aromatic N) is 3. The summed E-state index contributed by atoms with van der Waals surface area (Å²) in [5.41, 5.74) is 1.13. The summed E-state index contributed by atoms with van der Waals surface area (Å²) in [5.74, 6) is -0.681. The third-order valence-electron chi connectivity index (χ3n) is 4.57. The molecule has 3 heterocycles. The van der Waals surface area contributed by atoms with E-state index >= 15 is 0 Å². The van der Waals surface area contributed by atoms with Crippen LogP contribution in [0.3, 0.4) is 0 Å². The van der Waals surface area contributed by atoms with Crippen molar-refractivity contribution in [2.45, 2.75) is 24.0 Å².